The number of anilines is 2. The van der Waals surface area contributed by atoms with Crippen LogP contribution in [0, 0.1) is 19.8 Å². The van der Waals surface area contributed by atoms with E-state index in [0.717, 1.165) is 34.0 Å². The van der Waals surface area contributed by atoms with E-state index in [2.05, 4.69) is 57.1 Å². The molecule has 2 aromatic heterocycles. The second-order valence-electron chi connectivity index (χ2n) is 9.80. The number of aromatic nitrogens is 2. The minimum absolute atomic E-state index is 0.0838. The maximum atomic E-state index is 12.3. The highest BCUT2D eigenvalue weighted by Crippen LogP contribution is 2.44. The van der Waals surface area contributed by atoms with E-state index in [1.165, 1.54) is 0 Å². The van der Waals surface area contributed by atoms with Gasteiger partial charge >= 0.3 is 0 Å². The molecule has 38 heavy (non-hydrogen) atoms. The van der Waals surface area contributed by atoms with Crippen molar-refractivity contribution in [2.75, 3.05) is 10.2 Å². The Morgan fingerprint density at radius 1 is 1.03 bits per heavy atom. The Morgan fingerprint density at radius 3 is 2.42 bits per heavy atom. The van der Waals surface area contributed by atoms with Crippen molar-refractivity contribution >= 4 is 46.2 Å². The predicted octanol–water partition coefficient (Wildman–Crippen LogP) is 6.91. The van der Waals surface area contributed by atoms with Crippen molar-refractivity contribution in [1.29, 1.82) is 0 Å². The van der Waals surface area contributed by atoms with Gasteiger partial charge in [-0.2, -0.15) is 0 Å². The van der Waals surface area contributed by atoms with Gasteiger partial charge in [0.25, 0.3) is 0 Å². The standard InChI is InChI=1S/C30H30ClN5OS/c1-18(2)29(37)33-25-14-13-22(17-24(25)31)36-28(27(34-30(36)38)26-12-8-9-15-32-26)23-16-19(3)35(20(23)4)21-10-6-5-7-11-21/h5-18,27-28H,1-4H3,(H,33,37)(H,34,38)/t27-,28+/m0/s1. The Kier molecular flexibility index (Phi) is 7.23. The van der Waals surface area contributed by atoms with E-state index in [0.29, 0.717) is 15.8 Å². The molecule has 4 aromatic rings. The second-order valence-corrected chi connectivity index (χ2v) is 10.6. The van der Waals surface area contributed by atoms with Gasteiger partial charge < -0.3 is 20.1 Å². The summed E-state index contributed by atoms with van der Waals surface area (Å²) < 4.78 is 2.27. The summed E-state index contributed by atoms with van der Waals surface area (Å²) in [6, 6.07) is 23.8. The van der Waals surface area contributed by atoms with Gasteiger partial charge in [-0.25, -0.2) is 0 Å². The van der Waals surface area contributed by atoms with E-state index in [1.54, 1.807) is 6.20 Å². The minimum atomic E-state index is -0.174. The van der Waals surface area contributed by atoms with Crippen LogP contribution in [0.4, 0.5) is 11.4 Å². The lowest BCUT2D eigenvalue weighted by Crippen LogP contribution is -2.29. The zero-order valence-corrected chi connectivity index (χ0v) is 23.3. The van der Waals surface area contributed by atoms with Crippen molar-refractivity contribution in [2.45, 2.75) is 39.8 Å². The maximum absolute atomic E-state index is 12.3. The molecule has 6 nitrogen and oxygen atoms in total. The van der Waals surface area contributed by atoms with Gasteiger partial charge in [0.1, 0.15) is 0 Å². The van der Waals surface area contributed by atoms with Crippen LogP contribution < -0.4 is 15.5 Å². The van der Waals surface area contributed by atoms with Gasteiger partial charge in [0.05, 0.1) is 28.5 Å². The number of carbonyl (C=O) groups excluding carboxylic acids is 1. The number of hydrogen-bond acceptors (Lipinski definition) is 3. The molecule has 0 unspecified atom stereocenters. The predicted molar refractivity (Wildman–Crippen MR) is 158 cm³/mol. The minimum Gasteiger partial charge on any atom is -0.351 e. The summed E-state index contributed by atoms with van der Waals surface area (Å²) in [7, 11) is 0. The first kappa shape index (κ1) is 25.9. The molecule has 0 radical (unpaired) electrons. The van der Waals surface area contributed by atoms with Crippen LogP contribution in [-0.4, -0.2) is 20.6 Å². The number of amides is 1. The Bertz CT molecular complexity index is 1490. The van der Waals surface area contributed by atoms with Crippen LogP contribution in [0.1, 0.15) is 48.6 Å². The molecule has 0 saturated carbocycles. The molecule has 5 rings (SSSR count). The molecule has 3 heterocycles. The smallest absolute Gasteiger partial charge is 0.226 e. The van der Waals surface area contributed by atoms with Crippen LogP contribution in [0.3, 0.4) is 0 Å². The molecule has 2 aromatic carbocycles. The molecule has 1 saturated heterocycles. The molecule has 0 aliphatic carbocycles. The SMILES string of the molecule is Cc1cc([C@@H]2[C@H](c3ccccn3)NC(=S)N2c2ccc(NC(=O)C(C)C)c(Cl)c2)c(C)n1-c1ccccc1. The molecule has 1 aliphatic heterocycles. The average Bonchev–Trinajstić information content (AvgIpc) is 3.41. The number of nitrogens with zero attached hydrogens (tertiary/aromatic N) is 3. The number of nitrogens with one attached hydrogen (secondary N) is 2. The van der Waals surface area contributed by atoms with Crippen molar-refractivity contribution in [3.8, 4) is 5.69 Å². The van der Waals surface area contributed by atoms with Gasteiger partial charge in [0, 0.05) is 34.9 Å². The third kappa shape index (κ3) is 4.79. The number of carbonyl (C=O) groups is 1. The monoisotopic (exact) mass is 543 g/mol. The molecular weight excluding hydrogens is 514 g/mol. The number of rotatable bonds is 6. The third-order valence-corrected chi connectivity index (χ3v) is 7.54. The van der Waals surface area contributed by atoms with Crippen LogP contribution >= 0.6 is 23.8 Å². The van der Waals surface area contributed by atoms with Gasteiger partial charge in [0.2, 0.25) is 5.91 Å². The third-order valence-electron chi connectivity index (χ3n) is 6.91. The summed E-state index contributed by atoms with van der Waals surface area (Å²) in [5.41, 5.74) is 6.82. The number of para-hydroxylation sites is 1. The van der Waals surface area contributed by atoms with E-state index in [4.69, 9.17) is 23.8 Å². The van der Waals surface area contributed by atoms with Gasteiger partial charge in [-0.15, -0.1) is 0 Å². The molecule has 8 heteroatoms. The Balaban J connectivity index is 1.61. The van der Waals surface area contributed by atoms with Crippen LogP contribution in [0.2, 0.25) is 5.02 Å². The van der Waals surface area contributed by atoms with Crippen molar-refractivity contribution in [1.82, 2.24) is 14.9 Å². The van der Waals surface area contributed by atoms with E-state index < -0.39 is 0 Å². The van der Waals surface area contributed by atoms with Gasteiger partial charge in [-0.3, -0.25) is 9.78 Å². The molecule has 2 N–H and O–H groups in total. The topological polar surface area (TPSA) is 62.2 Å². The van der Waals surface area contributed by atoms with Gasteiger partial charge in [0.15, 0.2) is 5.11 Å². The molecule has 1 aliphatic rings. The van der Waals surface area contributed by atoms with E-state index >= 15 is 0 Å². The fraction of sp³-hybridized carbons (Fsp3) is 0.233. The van der Waals surface area contributed by atoms with Crippen LogP contribution in [0.15, 0.2) is 79.0 Å². The summed E-state index contributed by atoms with van der Waals surface area (Å²) in [5, 5.41) is 7.46. The molecule has 0 spiro atoms. The summed E-state index contributed by atoms with van der Waals surface area (Å²) in [5.74, 6) is -0.232. The van der Waals surface area contributed by atoms with Crippen LogP contribution in [0.25, 0.3) is 5.69 Å². The van der Waals surface area contributed by atoms with Crippen molar-refractivity contribution < 1.29 is 4.79 Å². The van der Waals surface area contributed by atoms with Crippen molar-refractivity contribution in [3.63, 3.8) is 0 Å². The first-order chi connectivity index (χ1) is 18.3. The number of thiocarbonyl (C=S) groups is 1. The summed E-state index contributed by atoms with van der Waals surface area (Å²) >= 11 is 12.6. The maximum Gasteiger partial charge on any atom is 0.226 e. The molecular formula is C30H30ClN5OS. The summed E-state index contributed by atoms with van der Waals surface area (Å²) in [6.45, 7) is 7.95. The molecule has 0 bridgehead atoms. The van der Waals surface area contributed by atoms with E-state index in [1.807, 2.05) is 68.4 Å². The number of halogens is 1. The van der Waals surface area contributed by atoms with Crippen molar-refractivity contribution in [2.24, 2.45) is 5.92 Å². The lowest BCUT2D eigenvalue weighted by atomic mass is 9.96. The first-order valence-electron chi connectivity index (χ1n) is 12.6. The lowest BCUT2D eigenvalue weighted by Gasteiger charge is -2.28. The number of aryl methyl sites for hydroxylation is 1. The Morgan fingerprint density at radius 2 is 1.76 bits per heavy atom. The van der Waals surface area contributed by atoms with Crippen LogP contribution in [-0.2, 0) is 4.79 Å². The highest BCUT2D eigenvalue weighted by atomic mass is 35.5. The van der Waals surface area contributed by atoms with Gasteiger partial charge in [-0.05, 0) is 80.2 Å². The second kappa shape index (κ2) is 10.6. The highest BCUT2D eigenvalue weighted by molar-refractivity contribution is 7.80. The zero-order chi connectivity index (χ0) is 27.0. The zero-order valence-electron chi connectivity index (χ0n) is 21.8. The largest absolute Gasteiger partial charge is 0.351 e. The highest BCUT2D eigenvalue weighted by Gasteiger charge is 2.42. The fourth-order valence-electron chi connectivity index (χ4n) is 5.04. The molecule has 1 fully saturated rings. The number of hydrogen-bond donors (Lipinski definition) is 2. The number of pyridine rings is 1. The summed E-state index contributed by atoms with van der Waals surface area (Å²) in [4.78, 5) is 19.0. The molecule has 2 atom stereocenters. The molecule has 1 amide bonds. The Hall–Kier alpha value is -3.68. The van der Waals surface area contributed by atoms with Gasteiger partial charge in [-0.1, -0.05) is 49.7 Å². The first-order valence-corrected chi connectivity index (χ1v) is 13.4. The Labute approximate surface area is 233 Å². The normalized spacial score (nSPS) is 17.1. The number of benzene rings is 2. The van der Waals surface area contributed by atoms with E-state index in [-0.39, 0.29) is 23.9 Å². The summed E-state index contributed by atoms with van der Waals surface area (Å²) in [6.07, 6.45) is 1.80. The lowest BCUT2D eigenvalue weighted by molar-refractivity contribution is -0.118. The molecule has 194 valence electrons. The van der Waals surface area contributed by atoms with Crippen molar-refractivity contribution in [3.05, 3.63) is 107 Å². The van der Waals surface area contributed by atoms with Crippen LogP contribution in [0.5, 0.6) is 0 Å². The average molecular weight is 544 g/mol. The fourth-order valence-corrected chi connectivity index (χ4v) is 5.61. The van der Waals surface area contributed by atoms with E-state index in [9.17, 15) is 4.79 Å². The quantitative estimate of drug-likeness (QED) is 0.259.